The van der Waals surface area contributed by atoms with Gasteiger partial charge in [0, 0.05) is 24.1 Å². The largest absolute Gasteiger partial charge is 0.478 e. The van der Waals surface area contributed by atoms with E-state index in [-0.39, 0.29) is 12.0 Å². The summed E-state index contributed by atoms with van der Waals surface area (Å²) in [6.07, 6.45) is 1.78. The fourth-order valence-electron chi connectivity index (χ4n) is 2.55. The van der Waals surface area contributed by atoms with E-state index in [1.165, 1.54) is 0 Å². The minimum absolute atomic E-state index is 0.143. The molecule has 1 aliphatic heterocycles. The third kappa shape index (κ3) is 3.14. The highest BCUT2D eigenvalue weighted by atomic mass is 16.4. The second kappa shape index (κ2) is 6.06. The van der Waals surface area contributed by atoms with Crippen LogP contribution in [0.15, 0.2) is 53.0 Å². The molecule has 5 nitrogen and oxygen atoms in total. The van der Waals surface area contributed by atoms with Crippen molar-refractivity contribution in [2.45, 2.75) is 13.0 Å². The topological polar surface area (TPSA) is 102 Å². The first kappa shape index (κ1) is 15.0. The first-order chi connectivity index (χ1) is 11.1. The fraction of sp³-hybridized carbons (Fsp3) is 0.111. The van der Waals surface area contributed by atoms with Crippen LogP contribution in [-0.2, 0) is 11.3 Å². The maximum Gasteiger partial charge on any atom is 0.332 e. The molecule has 0 aliphatic carbocycles. The molecule has 0 amide bonds. The predicted molar refractivity (Wildman–Crippen MR) is 91.3 cm³/mol. The molecular formula is C18H17N3O2. The number of carboxylic acids is 1. The predicted octanol–water partition coefficient (Wildman–Crippen LogP) is 2.67. The molecule has 0 spiro atoms. The Morgan fingerprint density at radius 3 is 2.48 bits per heavy atom. The standard InChI is InChI=1S/C18H17N3O2/c19-10-11-1-3-12(4-2-11)13-5-6-16-14(7-13)8-15(18(22)23)9-17(20)21-16/h1-8H,9-10,19H2,(H2,20,21)(H,22,23). The van der Waals surface area contributed by atoms with Gasteiger partial charge in [-0.15, -0.1) is 0 Å². The molecule has 23 heavy (non-hydrogen) atoms. The van der Waals surface area contributed by atoms with Crippen LogP contribution in [-0.4, -0.2) is 16.9 Å². The smallest absolute Gasteiger partial charge is 0.332 e. The van der Waals surface area contributed by atoms with E-state index in [2.05, 4.69) is 4.99 Å². The van der Waals surface area contributed by atoms with Crippen molar-refractivity contribution < 1.29 is 9.90 Å². The van der Waals surface area contributed by atoms with Crippen molar-refractivity contribution in [2.24, 2.45) is 16.5 Å². The lowest BCUT2D eigenvalue weighted by Crippen LogP contribution is -2.14. The minimum Gasteiger partial charge on any atom is -0.478 e. The number of aliphatic imine (C=N–C) groups is 1. The molecule has 0 radical (unpaired) electrons. The Labute approximate surface area is 134 Å². The van der Waals surface area contributed by atoms with E-state index < -0.39 is 5.97 Å². The highest BCUT2D eigenvalue weighted by Gasteiger charge is 2.15. The minimum atomic E-state index is -0.978. The maximum absolute atomic E-state index is 11.3. The number of nitrogens with two attached hydrogens (primary N) is 2. The van der Waals surface area contributed by atoms with Crippen LogP contribution < -0.4 is 11.5 Å². The Morgan fingerprint density at radius 2 is 1.83 bits per heavy atom. The highest BCUT2D eigenvalue weighted by Crippen LogP contribution is 2.31. The van der Waals surface area contributed by atoms with E-state index in [1.54, 1.807) is 6.08 Å². The average Bonchev–Trinajstić information content (AvgIpc) is 2.72. The van der Waals surface area contributed by atoms with Crippen molar-refractivity contribution in [3.8, 4) is 11.1 Å². The normalized spacial score (nSPS) is 13.6. The Bertz CT molecular complexity index is 821. The molecule has 3 rings (SSSR count). The van der Waals surface area contributed by atoms with Gasteiger partial charge in [0.25, 0.3) is 0 Å². The summed E-state index contributed by atoms with van der Waals surface area (Å²) in [5.41, 5.74) is 16.2. The van der Waals surface area contributed by atoms with Crippen LogP contribution >= 0.6 is 0 Å². The third-order valence-corrected chi connectivity index (χ3v) is 3.79. The molecule has 0 aromatic heterocycles. The summed E-state index contributed by atoms with van der Waals surface area (Å²) in [5, 5.41) is 9.26. The molecule has 0 saturated heterocycles. The van der Waals surface area contributed by atoms with Crippen LogP contribution in [0.1, 0.15) is 17.5 Å². The van der Waals surface area contributed by atoms with Gasteiger partial charge in [0.2, 0.25) is 0 Å². The monoisotopic (exact) mass is 307 g/mol. The van der Waals surface area contributed by atoms with Crippen molar-refractivity contribution in [3.05, 3.63) is 59.2 Å². The third-order valence-electron chi connectivity index (χ3n) is 3.79. The number of rotatable bonds is 3. The van der Waals surface area contributed by atoms with Gasteiger partial charge in [-0.05, 0) is 34.9 Å². The zero-order chi connectivity index (χ0) is 16.4. The number of carbonyl (C=O) groups is 1. The molecule has 0 saturated carbocycles. The van der Waals surface area contributed by atoms with Crippen LogP contribution in [0.25, 0.3) is 17.2 Å². The summed E-state index contributed by atoms with van der Waals surface area (Å²) >= 11 is 0. The summed E-state index contributed by atoms with van der Waals surface area (Å²) in [6, 6.07) is 13.7. The molecule has 2 aromatic carbocycles. The van der Waals surface area contributed by atoms with Crippen molar-refractivity contribution in [1.29, 1.82) is 0 Å². The average molecular weight is 307 g/mol. The van der Waals surface area contributed by atoms with Gasteiger partial charge in [0.05, 0.1) is 5.69 Å². The van der Waals surface area contributed by atoms with Crippen LogP contribution in [0.5, 0.6) is 0 Å². The first-order valence-corrected chi connectivity index (χ1v) is 7.27. The van der Waals surface area contributed by atoms with E-state index in [0.29, 0.717) is 18.1 Å². The maximum atomic E-state index is 11.3. The van der Waals surface area contributed by atoms with Crippen molar-refractivity contribution >= 4 is 23.6 Å². The second-order valence-corrected chi connectivity index (χ2v) is 5.43. The Hall–Kier alpha value is -2.92. The number of aliphatic carboxylic acids is 1. The van der Waals surface area contributed by atoms with Crippen molar-refractivity contribution in [3.63, 3.8) is 0 Å². The van der Waals surface area contributed by atoms with Gasteiger partial charge in [-0.2, -0.15) is 0 Å². The molecule has 0 unspecified atom stereocenters. The number of hydrogen-bond donors (Lipinski definition) is 3. The summed E-state index contributed by atoms with van der Waals surface area (Å²) in [7, 11) is 0. The summed E-state index contributed by atoms with van der Waals surface area (Å²) < 4.78 is 0. The zero-order valence-corrected chi connectivity index (χ0v) is 12.5. The van der Waals surface area contributed by atoms with Crippen molar-refractivity contribution in [1.82, 2.24) is 0 Å². The van der Waals surface area contributed by atoms with E-state index >= 15 is 0 Å². The second-order valence-electron chi connectivity index (χ2n) is 5.43. The molecule has 5 N–H and O–H groups in total. The lowest BCUT2D eigenvalue weighted by Gasteiger charge is -2.07. The molecule has 5 heteroatoms. The van der Waals surface area contributed by atoms with Crippen LogP contribution in [0.4, 0.5) is 5.69 Å². The van der Waals surface area contributed by atoms with E-state index in [9.17, 15) is 9.90 Å². The molecule has 0 fully saturated rings. The summed E-state index contributed by atoms with van der Waals surface area (Å²) in [5.74, 6) is -0.675. The number of hydrogen-bond acceptors (Lipinski definition) is 4. The molecule has 116 valence electrons. The first-order valence-electron chi connectivity index (χ1n) is 7.27. The Balaban J connectivity index is 2.07. The number of fused-ring (bicyclic) bond motifs is 1. The number of benzene rings is 2. The molecular weight excluding hydrogens is 290 g/mol. The Kier molecular flexibility index (Phi) is 3.95. The molecule has 1 heterocycles. The summed E-state index contributed by atoms with van der Waals surface area (Å²) in [4.78, 5) is 15.6. The van der Waals surface area contributed by atoms with Gasteiger partial charge in [-0.25, -0.2) is 9.79 Å². The quantitative estimate of drug-likeness (QED) is 0.811. The molecule has 2 aromatic rings. The van der Waals surface area contributed by atoms with Crippen LogP contribution in [0, 0.1) is 0 Å². The van der Waals surface area contributed by atoms with Gasteiger partial charge < -0.3 is 16.6 Å². The van der Waals surface area contributed by atoms with E-state index in [4.69, 9.17) is 11.5 Å². The van der Waals surface area contributed by atoms with Gasteiger partial charge in [0.1, 0.15) is 5.84 Å². The van der Waals surface area contributed by atoms with Crippen LogP contribution in [0.3, 0.4) is 0 Å². The fourth-order valence-corrected chi connectivity index (χ4v) is 2.55. The molecule has 1 aliphatic rings. The van der Waals surface area contributed by atoms with Gasteiger partial charge in [0.15, 0.2) is 0 Å². The number of nitrogens with zero attached hydrogens (tertiary/aromatic N) is 1. The van der Waals surface area contributed by atoms with E-state index in [0.717, 1.165) is 22.3 Å². The van der Waals surface area contributed by atoms with Gasteiger partial charge in [-0.1, -0.05) is 30.3 Å². The zero-order valence-electron chi connectivity index (χ0n) is 12.5. The van der Waals surface area contributed by atoms with E-state index in [1.807, 2.05) is 42.5 Å². The lowest BCUT2D eigenvalue weighted by atomic mass is 9.99. The lowest BCUT2D eigenvalue weighted by molar-refractivity contribution is -0.132. The number of carboxylic acid groups (broad SMARTS) is 1. The Morgan fingerprint density at radius 1 is 1.13 bits per heavy atom. The summed E-state index contributed by atoms with van der Waals surface area (Å²) in [6.45, 7) is 0.503. The van der Waals surface area contributed by atoms with Gasteiger partial charge >= 0.3 is 5.97 Å². The highest BCUT2D eigenvalue weighted by molar-refractivity contribution is 6.02. The molecule has 0 atom stereocenters. The van der Waals surface area contributed by atoms with Gasteiger partial charge in [-0.3, -0.25) is 0 Å². The SMILES string of the molecule is NCc1ccc(-c2ccc3c(c2)C=C(C(=O)O)CC(N)=N3)cc1. The van der Waals surface area contributed by atoms with Crippen LogP contribution in [0.2, 0.25) is 0 Å². The van der Waals surface area contributed by atoms with Crippen molar-refractivity contribution in [2.75, 3.05) is 0 Å². The molecule has 0 bridgehead atoms. The number of amidine groups is 1.